The van der Waals surface area contributed by atoms with Gasteiger partial charge >= 0.3 is 0 Å². The van der Waals surface area contributed by atoms with Crippen LogP contribution >= 0.6 is 0 Å². The molecular weight excluding hydrogens is 260 g/mol. The highest BCUT2D eigenvalue weighted by atomic mass is 16.3. The van der Waals surface area contributed by atoms with E-state index in [-0.39, 0.29) is 10.8 Å². The van der Waals surface area contributed by atoms with E-state index in [4.69, 9.17) is 0 Å². The van der Waals surface area contributed by atoms with Crippen LogP contribution in [-0.2, 0) is 4.79 Å². The molecule has 116 valence electrons. The molecule has 21 heavy (non-hydrogen) atoms. The van der Waals surface area contributed by atoms with Crippen LogP contribution in [0.1, 0.15) is 64.7 Å². The Morgan fingerprint density at radius 3 is 2.86 bits per heavy atom. The number of carbonyl (C=O) groups excluding carboxylic acids is 1. The number of rotatable bonds is 1. The molecule has 2 heteroatoms. The number of carbonyl (C=O) groups is 1. The number of hydrogen-bond donors (Lipinski definition) is 1. The van der Waals surface area contributed by atoms with Gasteiger partial charge in [-0.3, -0.25) is 4.79 Å². The SMILES string of the molecule is C[C@]12CC[C@@H]3[C@@H](CCC4=CCCC[C@@]43CO)[C@@H]1CCC2=O. The van der Waals surface area contributed by atoms with E-state index in [9.17, 15) is 9.90 Å². The van der Waals surface area contributed by atoms with Crippen molar-refractivity contribution in [2.24, 2.45) is 28.6 Å². The Labute approximate surface area is 128 Å². The van der Waals surface area contributed by atoms with Gasteiger partial charge in [0.1, 0.15) is 5.78 Å². The van der Waals surface area contributed by atoms with E-state index >= 15 is 0 Å². The number of aliphatic hydroxyl groups is 1. The number of aliphatic hydroxyl groups excluding tert-OH is 1. The van der Waals surface area contributed by atoms with Crippen molar-refractivity contribution in [2.45, 2.75) is 64.7 Å². The minimum absolute atomic E-state index is 0.0340. The molecule has 0 heterocycles. The van der Waals surface area contributed by atoms with Crippen molar-refractivity contribution < 1.29 is 9.90 Å². The highest BCUT2D eigenvalue weighted by Crippen LogP contribution is 2.64. The van der Waals surface area contributed by atoms with Crippen molar-refractivity contribution >= 4 is 5.78 Å². The predicted molar refractivity (Wildman–Crippen MR) is 82.7 cm³/mol. The van der Waals surface area contributed by atoms with Gasteiger partial charge in [0.05, 0.1) is 6.61 Å². The monoisotopic (exact) mass is 288 g/mol. The topological polar surface area (TPSA) is 37.3 Å². The van der Waals surface area contributed by atoms with Crippen LogP contribution in [0.15, 0.2) is 11.6 Å². The lowest BCUT2D eigenvalue weighted by molar-refractivity contribution is -0.133. The van der Waals surface area contributed by atoms with E-state index in [0.29, 0.717) is 30.1 Å². The van der Waals surface area contributed by atoms with Gasteiger partial charge in [0.15, 0.2) is 0 Å². The molecule has 0 unspecified atom stereocenters. The first kappa shape index (κ1) is 14.0. The fourth-order valence-electron chi connectivity index (χ4n) is 6.60. The number of allylic oxidation sites excluding steroid dienone is 1. The third-order valence-corrected chi connectivity index (χ3v) is 7.74. The molecule has 2 nitrogen and oxygen atoms in total. The van der Waals surface area contributed by atoms with Gasteiger partial charge in [-0.05, 0) is 69.1 Å². The summed E-state index contributed by atoms with van der Waals surface area (Å²) in [7, 11) is 0. The number of hydrogen-bond acceptors (Lipinski definition) is 2. The maximum absolute atomic E-state index is 12.4. The molecule has 0 aromatic rings. The molecule has 0 bridgehead atoms. The summed E-state index contributed by atoms with van der Waals surface area (Å²) in [5.74, 6) is 2.43. The minimum atomic E-state index is -0.0340. The summed E-state index contributed by atoms with van der Waals surface area (Å²) in [6.07, 6.45) is 12.6. The first-order valence-corrected chi connectivity index (χ1v) is 8.95. The van der Waals surface area contributed by atoms with Crippen molar-refractivity contribution in [1.82, 2.24) is 0 Å². The molecule has 1 N–H and O–H groups in total. The molecule has 0 aliphatic heterocycles. The standard InChI is InChI=1S/C19H28O2/c1-18-11-9-16-14(15(18)7-8-17(18)21)6-5-13-4-2-3-10-19(13,16)12-20/h4,14-16,20H,2-3,5-12H2,1H3/t14-,15-,16+,18-,19+/m0/s1. The lowest BCUT2D eigenvalue weighted by Crippen LogP contribution is -2.52. The van der Waals surface area contributed by atoms with Gasteiger partial charge in [0.25, 0.3) is 0 Å². The summed E-state index contributed by atoms with van der Waals surface area (Å²) in [4.78, 5) is 12.4. The van der Waals surface area contributed by atoms with Gasteiger partial charge in [0, 0.05) is 17.3 Å². The molecule has 0 aromatic carbocycles. The molecule has 0 spiro atoms. The fraction of sp³-hybridized carbons (Fsp3) is 0.842. The Bertz CT molecular complexity index is 494. The summed E-state index contributed by atoms with van der Waals surface area (Å²) in [5.41, 5.74) is 1.60. The maximum atomic E-state index is 12.4. The van der Waals surface area contributed by atoms with E-state index in [1.54, 1.807) is 5.57 Å². The number of Topliss-reactive ketones (excluding diaryl/α,β-unsaturated/α-hetero) is 1. The van der Waals surface area contributed by atoms with Crippen molar-refractivity contribution in [3.8, 4) is 0 Å². The quantitative estimate of drug-likeness (QED) is 0.743. The smallest absolute Gasteiger partial charge is 0.139 e. The zero-order valence-corrected chi connectivity index (χ0v) is 13.2. The summed E-state index contributed by atoms with van der Waals surface area (Å²) in [6.45, 7) is 2.57. The zero-order chi connectivity index (χ0) is 14.7. The summed E-state index contributed by atoms with van der Waals surface area (Å²) in [5, 5.41) is 10.3. The third kappa shape index (κ3) is 1.72. The predicted octanol–water partition coefficient (Wildman–Crippen LogP) is 3.88. The third-order valence-electron chi connectivity index (χ3n) is 7.74. The average Bonchev–Trinajstić information content (AvgIpc) is 2.82. The number of ketones is 1. The lowest BCUT2D eigenvalue weighted by Gasteiger charge is -2.57. The molecular formula is C19H28O2. The van der Waals surface area contributed by atoms with Crippen molar-refractivity contribution in [3.63, 3.8) is 0 Å². The first-order valence-electron chi connectivity index (χ1n) is 8.95. The van der Waals surface area contributed by atoms with Crippen LogP contribution in [-0.4, -0.2) is 17.5 Å². The van der Waals surface area contributed by atoms with E-state index in [2.05, 4.69) is 13.0 Å². The Morgan fingerprint density at radius 1 is 1.19 bits per heavy atom. The van der Waals surface area contributed by atoms with Gasteiger partial charge in [-0.1, -0.05) is 18.6 Å². The molecule has 3 saturated carbocycles. The van der Waals surface area contributed by atoms with Gasteiger partial charge in [0.2, 0.25) is 0 Å². The molecule has 4 aliphatic rings. The van der Waals surface area contributed by atoms with Crippen LogP contribution in [0.2, 0.25) is 0 Å². The summed E-state index contributed by atoms with van der Waals surface area (Å²) >= 11 is 0. The highest BCUT2D eigenvalue weighted by molar-refractivity contribution is 5.87. The van der Waals surface area contributed by atoms with Crippen LogP contribution in [0.3, 0.4) is 0 Å². The van der Waals surface area contributed by atoms with Crippen LogP contribution in [0, 0.1) is 28.6 Å². The van der Waals surface area contributed by atoms with E-state index in [1.807, 2.05) is 0 Å². The second-order valence-corrected chi connectivity index (χ2v) is 8.27. The van der Waals surface area contributed by atoms with E-state index < -0.39 is 0 Å². The van der Waals surface area contributed by atoms with Gasteiger partial charge in [-0.25, -0.2) is 0 Å². The molecule has 0 saturated heterocycles. The van der Waals surface area contributed by atoms with Crippen molar-refractivity contribution in [1.29, 1.82) is 0 Å². The molecule has 4 aliphatic carbocycles. The van der Waals surface area contributed by atoms with Gasteiger partial charge in [-0.15, -0.1) is 0 Å². The van der Waals surface area contributed by atoms with Gasteiger partial charge in [-0.2, -0.15) is 0 Å². The first-order chi connectivity index (χ1) is 10.1. The second-order valence-electron chi connectivity index (χ2n) is 8.27. The van der Waals surface area contributed by atoms with Crippen LogP contribution in [0.25, 0.3) is 0 Å². The Morgan fingerprint density at radius 2 is 2.05 bits per heavy atom. The fourth-order valence-corrected chi connectivity index (χ4v) is 6.60. The van der Waals surface area contributed by atoms with Crippen LogP contribution in [0.4, 0.5) is 0 Å². The molecule has 0 radical (unpaired) electrons. The number of fused-ring (bicyclic) bond motifs is 5. The minimum Gasteiger partial charge on any atom is -0.395 e. The molecule has 5 atom stereocenters. The Kier molecular flexibility index (Phi) is 3.12. The summed E-state index contributed by atoms with van der Waals surface area (Å²) in [6, 6.07) is 0. The molecule has 3 fully saturated rings. The van der Waals surface area contributed by atoms with Crippen molar-refractivity contribution in [3.05, 3.63) is 11.6 Å². The molecule has 0 aromatic heterocycles. The zero-order valence-electron chi connectivity index (χ0n) is 13.2. The lowest BCUT2D eigenvalue weighted by atomic mass is 9.47. The molecule has 4 rings (SSSR count). The Hall–Kier alpha value is -0.630. The van der Waals surface area contributed by atoms with Crippen molar-refractivity contribution in [2.75, 3.05) is 6.61 Å². The largest absolute Gasteiger partial charge is 0.395 e. The normalized spacial score (nSPS) is 49.1. The second kappa shape index (κ2) is 4.68. The highest BCUT2D eigenvalue weighted by Gasteiger charge is 2.59. The Balaban J connectivity index is 1.72. The summed E-state index contributed by atoms with van der Waals surface area (Å²) < 4.78 is 0. The molecule has 0 amide bonds. The van der Waals surface area contributed by atoms with Crippen LogP contribution < -0.4 is 0 Å². The van der Waals surface area contributed by atoms with Gasteiger partial charge < -0.3 is 5.11 Å². The maximum Gasteiger partial charge on any atom is 0.139 e. The van der Waals surface area contributed by atoms with Crippen LogP contribution in [0.5, 0.6) is 0 Å². The van der Waals surface area contributed by atoms with E-state index in [1.165, 1.54) is 32.1 Å². The average molecular weight is 288 g/mol. The van der Waals surface area contributed by atoms with E-state index in [0.717, 1.165) is 25.7 Å².